The van der Waals surface area contributed by atoms with Crippen LogP contribution in [0.1, 0.15) is 12.6 Å². The maximum Gasteiger partial charge on any atom is 0.159 e. The molecule has 0 radical (unpaired) electrons. The predicted octanol–water partition coefficient (Wildman–Crippen LogP) is 2.63. The first-order valence-electron chi connectivity index (χ1n) is 4.42. The molecule has 0 fully saturated rings. The fourth-order valence-corrected chi connectivity index (χ4v) is 2.40. The second-order valence-corrected chi connectivity index (χ2v) is 5.22. The van der Waals surface area contributed by atoms with Crippen LogP contribution in [0.15, 0.2) is 39.3 Å². The van der Waals surface area contributed by atoms with Crippen LogP contribution in [0.5, 0.6) is 0 Å². The standard InChI is InChI=1S/C10H10BrN3S/c1-10(3-5-15-9(12)14-10)8-6-7(11)2-4-13-8/h2-6H,1H3,(H2,12,14)/t10-/m0/s1. The molecule has 0 bridgehead atoms. The van der Waals surface area contributed by atoms with Crippen LogP contribution in [-0.2, 0) is 5.54 Å². The van der Waals surface area contributed by atoms with Crippen molar-refractivity contribution in [3.63, 3.8) is 0 Å². The number of hydrogen-bond donors (Lipinski definition) is 1. The van der Waals surface area contributed by atoms with E-state index < -0.39 is 5.54 Å². The smallest absolute Gasteiger partial charge is 0.159 e. The number of rotatable bonds is 1. The van der Waals surface area contributed by atoms with Crippen LogP contribution >= 0.6 is 27.7 Å². The number of nitrogens with two attached hydrogens (primary N) is 1. The van der Waals surface area contributed by atoms with E-state index in [1.165, 1.54) is 11.8 Å². The van der Waals surface area contributed by atoms with E-state index in [0.29, 0.717) is 5.17 Å². The lowest BCUT2D eigenvalue weighted by Crippen LogP contribution is -2.24. The van der Waals surface area contributed by atoms with Gasteiger partial charge >= 0.3 is 0 Å². The Morgan fingerprint density at radius 2 is 2.33 bits per heavy atom. The van der Waals surface area contributed by atoms with Crippen molar-refractivity contribution < 1.29 is 0 Å². The van der Waals surface area contributed by atoms with E-state index in [4.69, 9.17) is 5.73 Å². The lowest BCUT2D eigenvalue weighted by Gasteiger charge is -2.23. The Balaban J connectivity index is 2.45. The number of pyridine rings is 1. The molecule has 0 spiro atoms. The number of aromatic nitrogens is 1. The van der Waals surface area contributed by atoms with Crippen LogP contribution < -0.4 is 5.73 Å². The Morgan fingerprint density at radius 3 is 3.00 bits per heavy atom. The zero-order valence-corrected chi connectivity index (χ0v) is 10.5. The van der Waals surface area contributed by atoms with Crippen molar-refractivity contribution in [3.05, 3.63) is 40.0 Å². The fraction of sp³-hybridized carbons (Fsp3) is 0.200. The summed E-state index contributed by atoms with van der Waals surface area (Å²) < 4.78 is 0.995. The minimum Gasteiger partial charge on any atom is -0.378 e. The molecule has 0 amide bonds. The highest BCUT2D eigenvalue weighted by atomic mass is 79.9. The van der Waals surface area contributed by atoms with Gasteiger partial charge in [0.1, 0.15) is 5.54 Å². The van der Waals surface area contributed by atoms with E-state index in [0.717, 1.165) is 10.2 Å². The van der Waals surface area contributed by atoms with Crippen molar-refractivity contribution in [3.8, 4) is 0 Å². The van der Waals surface area contributed by atoms with Gasteiger partial charge in [-0.25, -0.2) is 4.99 Å². The lowest BCUT2D eigenvalue weighted by atomic mass is 9.98. The molecular formula is C10H10BrN3S. The Morgan fingerprint density at radius 1 is 1.53 bits per heavy atom. The molecule has 2 rings (SSSR count). The molecule has 3 nitrogen and oxygen atoms in total. The lowest BCUT2D eigenvalue weighted by molar-refractivity contribution is 0.610. The van der Waals surface area contributed by atoms with E-state index >= 15 is 0 Å². The average molecular weight is 284 g/mol. The van der Waals surface area contributed by atoms with Crippen molar-refractivity contribution >= 4 is 32.9 Å². The molecule has 0 unspecified atom stereocenters. The van der Waals surface area contributed by atoms with Crippen molar-refractivity contribution in [2.45, 2.75) is 12.5 Å². The van der Waals surface area contributed by atoms with Crippen molar-refractivity contribution in [2.24, 2.45) is 10.7 Å². The number of halogens is 1. The molecule has 2 N–H and O–H groups in total. The van der Waals surface area contributed by atoms with E-state index in [1.807, 2.05) is 30.5 Å². The number of aliphatic imine (C=N–C) groups is 1. The second kappa shape index (κ2) is 3.98. The molecule has 1 aliphatic rings. The van der Waals surface area contributed by atoms with Gasteiger partial charge in [0.2, 0.25) is 0 Å². The maximum absolute atomic E-state index is 5.71. The summed E-state index contributed by atoms with van der Waals surface area (Å²) in [6.45, 7) is 1.99. The van der Waals surface area contributed by atoms with Gasteiger partial charge in [-0.3, -0.25) is 4.98 Å². The molecule has 15 heavy (non-hydrogen) atoms. The molecule has 0 saturated carbocycles. The summed E-state index contributed by atoms with van der Waals surface area (Å²) in [6.07, 6.45) is 3.76. The number of amidine groups is 1. The van der Waals surface area contributed by atoms with Crippen LogP contribution in [0, 0.1) is 0 Å². The summed E-state index contributed by atoms with van der Waals surface area (Å²) in [7, 11) is 0. The summed E-state index contributed by atoms with van der Waals surface area (Å²) in [5, 5.41) is 2.52. The number of thioether (sulfide) groups is 1. The van der Waals surface area contributed by atoms with E-state index in [2.05, 4.69) is 25.9 Å². The molecule has 1 aromatic rings. The number of nitrogens with zero attached hydrogens (tertiary/aromatic N) is 2. The van der Waals surface area contributed by atoms with Gasteiger partial charge < -0.3 is 5.73 Å². The quantitative estimate of drug-likeness (QED) is 0.862. The monoisotopic (exact) mass is 283 g/mol. The summed E-state index contributed by atoms with van der Waals surface area (Å²) in [6, 6.07) is 3.85. The van der Waals surface area contributed by atoms with Gasteiger partial charge in [-0.2, -0.15) is 0 Å². The Kier molecular flexibility index (Phi) is 2.84. The minimum absolute atomic E-state index is 0.445. The van der Waals surface area contributed by atoms with Crippen molar-refractivity contribution in [1.82, 2.24) is 4.98 Å². The molecule has 0 aromatic carbocycles. The molecule has 2 heterocycles. The maximum atomic E-state index is 5.71. The molecule has 1 atom stereocenters. The van der Waals surface area contributed by atoms with Crippen LogP contribution in [0.4, 0.5) is 0 Å². The van der Waals surface area contributed by atoms with E-state index in [9.17, 15) is 0 Å². The summed E-state index contributed by atoms with van der Waals surface area (Å²) in [5.74, 6) is 0. The first-order valence-corrected chi connectivity index (χ1v) is 6.09. The molecule has 78 valence electrons. The Labute approximate surface area is 101 Å². The molecule has 1 aliphatic heterocycles. The van der Waals surface area contributed by atoms with Crippen LogP contribution in [0.2, 0.25) is 0 Å². The predicted molar refractivity (Wildman–Crippen MR) is 67.6 cm³/mol. The van der Waals surface area contributed by atoms with E-state index in [-0.39, 0.29) is 0 Å². The summed E-state index contributed by atoms with van der Waals surface area (Å²) >= 11 is 4.85. The van der Waals surface area contributed by atoms with Crippen LogP contribution in [-0.4, -0.2) is 10.2 Å². The molecular weight excluding hydrogens is 274 g/mol. The normalized spacial score (nSPS) is 25.1. The van der Waals surface area contributed by atoms with E-state index in [1.54, 1.807) is 6.20 Å². The Bertz CT molecular complexity index is 444. The van der Waals surface area contributed by atoms with Gasteiger partial charge in [-0.05, 0) is 30.5 Å². The summed E-state index contributed by atoms with van der Waals surface area (Å²) in [5.41, 5.74) is 6.15. The largest absolute Gasteiger partial charge is 0.378 e. The van der Waals surface area contributed by atoms with Crippen LogP contribution in [0.25, 0.3) is 0 Å². The van der Waals surface area contributed by atoms with Gasteiger partial charge in [0.15, 0.2) is 5.17 Å². The van der Waals surface area contributed by atoms with Crippen LogP contribution in [0.3, 0.4) is 0 Å². The highest BCUT2D eigenvalue weighted by Gasteiger charge is 2.26. The third-order valence-corrected chi connectivity index (χ3v) is 3.26. The third kappa shape index (κ3) is 2.23. The second-order valence-electron chi connectivity index (χ2n) is 3.38. The molecule has 1 aromatic heterocycles. The van der Waals surface area contributed by atoms with Crippen molar-refractivity contribution in [2.75, 3.05) is 0 Å². The first kappa shape index (κ1) is 10.7. The molecule has 5 heteroatoms. The Hall–Kier alpha value is -0.810. The molecule has 0 saturated heterocycles. The topological polar surface area (TPSA) is 51.3 Å². The highest BCUT2D eigenvalue weighted by molar-refractivity contribution is 9.10. The average Bonchev–Trinajstić information content (AvgIpc) is 2.17. The zero-order valence-electron chi connectivity index (χ0n) is 8.14. The van der Waals surface area contributed by atoms with Gasteiger partial charge in [0.25, 0.3) is 0 Å². The van der Waals surface area contributed by atoms with Gasteiger partial charge in [0.05, 0.1) is 5.69 Å². The first-order chi connectivity index (χ1) is 7.10. The van der Waals surface area contributed by atoms with Gasteiger partial charge in [0, 0.05) is 10.7 Å². The highest BCUT2D eigenvalue weighted by Crippen LogP contribution is 2.31. The van der Waals surface area contributed by atoms with Crippen molar-refractivity contribution in [1.29, 1.82) is 0 Å². The van der Waals surface area contributed by atoms with Gasteiger partial charge in [-0.1, -0.05) is 27.7 Å². The molecule has 0 aliphatic carbocycles. The number of hydrogen-bond acceptors (Lipinski definition) is 4. The SMILES string of the molecule is C[C@@]1(c2cc(Br)ccn2)C=CSC(N)=N1. The minimum atomic E-state index is -0.445. The fourth-order valence-electron chi connectivity index (χ4n) is 1.35. The third-order valence-electron chi connectivity index (χ3n) is 2.16. The zero-order chi connectivity index (χ0) is 10.9. The van der Waals surface area contributed by atoms with Gasteiger partial charge in [-0.15, -0.1) is 0 Å². The summed E-state index contributed by atoms with van der Waals surface area (Å²) in [4.78, 5) is 8.73.